The zero-order valence-electron chi connectivity index (χ0n) is 17.4. The van der Waals surface area contributed by atoms with E-state index >= 15 is 0 Å². The van der Waals surface area contributed by atoms with Crippen molar-refractivity contribution >= 4 is 11.2 Å². The van der Waals surface area contributed by atoms with E-state index < -0.39 is 0 Å². The van der Waals surface area contributed by atoms with Crippen LogP contribution in [0.1, 0.15) is 37.3 Å². The number of fused-ring (bicyclic) bond motifs is 1. The van der Waals surface area contributed by atoms with Crippen LogP contribution >= 0.6 is 0 Å². The topological polar surface area (TPSA) is 63.0 Å². The Hall–Kier alpha value is -2.80. The monoisotopic (exact) mass is 403 g/mol. The molecule has 3 aromatic rings. The van der Waals surface area contributed by atoms with Gasteiger partial charge in [-0.25, -0.2) is 9.97 Å². The van der Waals surface area contributed by atoms with Crippen molar-refractivity contribution in [3.8, 4) is 0 Å². The number of rotatable bonds is 5. The number of likely N-dealkylation sites (tertiary alicyclic amines) is 2. The molecule has 2 aliphatic heterocycles. The van der Waals surface area contributed by atoms with Crippen molar-refractivity contribution in [3.63, 3.8) is 0 Å². The average molecular weight is 404 g/mol. The zero-order chi connectivity index (χ0) is 20.3. The average Bonchev–Trinajstić information content (AvgIpc) is 3.24. The molecule has 30 heavy (non-hydrogen) atoms. The zero-order valence-corrected chi connectivity index (χ0v) is 17.4. The van der Waals surface area contributed by atoms with Gasteiger partial charge in [0, 0.05) is 49.7 Å². The lowest BCUT2D eigenvalue weighted by Gasteiger charge is -2.40. The van der Waals surface area contributed by atoms with E-state index in [4.69, 9.17) is 0 Å². The molecule has 156 valence electrons. The van der Waals surface area contributed by atoms with E-state index in [1.54, 1.807) is 6.20 Å². The van der Waals surface area contributed by atoms with Gasteiger partial charge in [0.05, 0.1) is 12.5 Å². The number of hydrogen-bond donors (Lipinski definition) is 0. The minimum Gasteiger partial charge on any atom is -0.375 e. The summed E-state index contributed by atoms with van der Waals surface area (Å²) in [6.07, 6.45) is 12.1. The fourth-order valence-corrected chi connectivity index (χ4v) is 4.92. The second-order valence-corrected chi connectivity index (χ2v) is 8.51. The summed E-state index contributed by atoms with van der Waals surface area (Å²) in [6.45, 7) is 9.85. The summed E-state index contributed by atoms with van der Waals surface area (Å²) >= 11 is 0. The lowest BCUT2D eigenvalue weighted by atomic mass is 9.91. The van der Waals surface area contributed by atoms with Crippen LogP contribution in [0, 0.1) is 5.92 Å². The standard InChI is InChI=1S/C23H29N7/c1-18(20-5-11-28(12-6-20)16-19-4-10-26-27-15-19)29-13-7-21(8-14-29)30-17-25-22-3-2-9-24-23(22)30/h2-4,9-10,15,17,20-21H,1,5-8,11-14,16H2. The Morgan fingerprint density at radius 3 is 2.57 bits per heavy atom. The smallest absolute Gasteiger partial charge is 0.160 e. The van der Waals surface area contributed by atoms with Crippen LogP contribution in [0.15, 0.2) is 55.4 Å². The molecule has 5 rings (SSSR count). The first-order valence-corrected chi connectivity index (χ1v) is 11.0. The molecule has 0 saturated carbocycles. The largest absolute Gasteiger partial charge is 0.375 e. The van der Waals surface area contributed by atoms with E-state index in [0.29, 0.717) is 12.0 Å². The Morgan fingerprint density at radius 1 is 0.967 bits per heavy atom. The number of pyridine rings is 1. The fraction of sp³-hybridized carbons (Fsp3) is 0.478. The van der Waals surface area contributed by atoms with Gasteiger partial charge < -0.3 is 9.47 Å². The van der Waals surface area contributed by atoms with Gasteiger partial charge in [0.25, 0.3) is 0 Å². The van der Waals surface area contributed by atoms with Crippen molar-refractivity contribution in [1.82, 2.24) is 34.5 Å². The maximum Gasteiger partial charge on any atom is 0.160 e. The van der Waals surface area contributed by atoms with Gasteiger partial charge in [-0.15, -0.1) is 0 Å². The lowest BCUT2D eigenvalue weighted by molar-refractivity contribution is 0.154. The highest BCUT2D eigenvalue weighted by Crippen LogP contribution is 2.32. The highest BCUT2D eigenvalue weighted by molar-refractivity contribution is 5.70. The van der Waals surface area contributed by atoms with Crippen molar-refractivity contribution in [2.45, 2.75) is 38.3 Å². The molecule has 0 aliphatic carbocycles. The SMILES string of the molecule is C=C(C1CCN(Cc2ccnnc2)CC1)N1CCC(n2cnc3cccnc32)CC1. The molecule has 0 unspecified atom stereocenters. The van der Waals surface area contributed by atoms with E-state index in [1.807, 2.05) is 30.9 Å². The second kappa shape index (κ2) is 8.52. The Bertz CT molecular complexity index is 983. The molecule has 2 fully saturated rings. The highest BCUT2D eigenvalue weighted by atomic mass is 15.2. The van der Waals surface area contributed by atoms with Crippen molar-refractivity contribution < 1.29 is 0 Å². The van der Waals surface area contributed by atoms with Gasteiger partial charge in [0.2, 0.25) is 0 Å². The molecule has 2 saturated heterocycles. The third-order valence-corrected chi connectivity index (χ3v) is 6.71. The number of piperidine rings is 2. The number of imidazole rings is 1. The van der Waals surface area contributed by atoms with Gasteiger partial charge in [-0.2, -0.15) is 10.2 Å². The summed E-state index contributed by atoms with van der Waals surface area (Å²) in [5.41, 5.74) is 4.57. The van der Waals surface area contributed by atoms with E-state index in [0.717, 1.165) is 56.7 Å². The Morgan fingerprint density at radius 2 is 1.80 bits per heavy atom. The van der Waals surface area contributed by atoms with Gasteiger partial charge in [-0.1, -0.05) is 6.58 Å². The number of allylic oxidation sites excluding steroid dienone is 1. The van der Waals surface area contributed by atoms with E-state index in [1.165, 1.54) is 24.1 Å². The Labute approximate surface area is 177 Å². The number of nitrogens with zero attached hydrogens (tertiary/aromatic N) is 7. The summed E-state index contributed by atoms with van der Waals surface area (Å²) in [5, 5.41) is 7.86. The maximum absolute atomic E-state index is 4.54. The predicted octanol–water partition coefficient (Wildman–Crippen LogP) is 3.28. The minimum absolute atomic E-state index is 0.477. The van der Waals surface area contributed by atoms with Gasteiger partial charge >= 0.3 is 0 Å². The van der Waals surface area contributed by atoms with E-state index in [-0.39, 0.29) is 0 Å². The molecule has 7 heteroatoms. The van der Waals surface area contributed by atoms with Crippen LogP contribution in [0.4, 0.5) is 0 Å². The first-order chi connectivity index (χ1) is 14.8. The summed E-state index contributed by atoms with van der Waals surface area (Å²) in [6, 6.07) is 6.52. The molecule has 0 aromatic carbocycles. The molecule has 7 nitrogen and oxygen atoms in total. The third kappa shape index (κ3) is 3.94. The Balaban J connectivity index is 1.13. The molecular weight excluding hydrogens is 374 g/mol. The van der Waals surface area contributed by atoms with Crippen LogP contribution in [0.5, 0.6) is 0 Å². The van der Waals surface area contributed by atoms with Crippen LogP contribution in [-0.2, 0) is 6.54 Å². The first kappa shape index (κ1) is 19.2. The number of aromatic nitrogens is 5. The van der Waals surface area contributed by atoms with Gasteiger partial charge in [0.1, 0.15) is 5.52 Å². The van der Waals surface area contributed by atoms with Gasteiger partial charge in [-0.05, 0) is 62.5 Å². The molecule has 0 atom stereocenters. The van der Waals surface area contributed by atoms with Crippen LogP contribution < -0.4 is 0 Å². The van der Waals surface area contributed by atoms with Crippen molar-refractivity contribution in [3.05, 3.63) is 61.0 Å². The van der Waals surface area contributed by atoms with Crippen molar-refractivity contribution in [2.75, 3.05) is 26.2 Å². The van der Waals surface area contributed by atoms with Crippen LogP contribution in [0.2, 0.25) is 0 Å². The Kier molecular flexibility index (Phi) is 5.45. The fourth-order valence-electron chi connectivity index (χ4n) is 4.92. The first-order valence-electron chi connectivity index (χ1n) is 11.0. The highest BCUT2D eigenvalue weighted by Gasteiger charge is 2.28. The summed E-state index contributed by atoms with van der Waals surface area (Å²) in [7, 11) is 0. The molecular formula is C23H29N7. The quantitative estimate of drug-likeness (QED) is 0.651. The van der Waals surface area contributed by atoms with Gasteiger partial charge in [-0.3, -0.25) is 4.90 Å². The minimum atomic E-state index is 0.477. The molecule has 3 aromatic heterocycles. The second-order valence-electron chi connectivity index (χ2n) is 8.51. The van der Waals surface area contributed by atoms with Gasteiger partial charge in [0.15, 0.2) is 5.65 Å². The molecule has 0 spiro atoms. The molecule has 0 amide bonds. The number of hydrogen-bond acceptors (Lipinski definition) is 6. The van der Waals surface area contributed by atoms with Crippen molar-refractivity contribution in [2.24, 2.45) is 5.92 Å². The normalized spacial score (nSPS) is 19.4. The summed E-state index contributed by atoms with van der Waals surface area (Å²) in [4.78, 5) is 14.1. The molecule has 0 bridgehead atoms. The van der Waals surface area contributed by atoms with Crippen LogP contribution in [0.25, 0.3) is 11.2 Å². The summed E-state index contributed by atoms with van der Waals surface area (Å²) in [5.74, 6) is 0.601. The molecule has 2 aliphatic rings. The van der Waals surface area contributed by atoms with Crippen LogP contribution in [-0.4, -0.2) is 60.7 Å². The molecule has 0 N–H and O–H groups in total. The van der Waals surface area contributed by atoms with E-state index in [2.05, 4.69) is 47.2 Å². The third-order valence-electron chi connectivity index (χ3n) is 6.71. The molecule has 0 radical (unpaired) electrons. The summed E-state index contributed by atoms with van der Waals surface area (Å²) < 4.78 is 2.27. The van der Waals surface area contributed by atoms with E-state index in [9.17, 15) is 0 Å². The molecule has 5 heterocycles. The van der Waals surface area contributed by atoms with Crippen molar-refractivity contribution in [1.29, 1.82) is 0 Å². The lowest BCUT2D eigenvalue weighted by Crippen LogP contribution is -2.40. The van der Waals surface area contributed by atoms with Crippen LogP contribution in [0.3, 0.4) is 0 Å². The predicted molar refractivity (Wildman–Crippen MR) is 117 cm³/mol. The maximum atomic E-state index is 4.54.